The highest BCUT2D eigenvalue weighted by Crippen LogP contribution is 2.51. The second kappa shape index (κ2) is 23.2. The van der Waals surface area contributed by atoms with E-state index in [0.29, 0.717) is 32.8 Å². The van der Waals surface area contributed by atoms with Gasteiger partial charge in [0.25, 0.3) is 0 Å². The molecule has 416 valence electrons. The molecule has 0 spiro atoms. The third-order valence-corrected chi connectivity index (χ3v) is 14.2. The molecule has 0 saturated carbocycles. The molecule has 2 saturated heterocycles. The Morgan fingerprint density at radius 3 is 1.38 bits per heavy atom. The second-order valence-corrected chi connectivity index (χ2v) is 19.2. The zero-order valence-corrected chi connectivity index (χ0v) is 43.7. The van der Waals surface area contributed by atoms with Crippen LogP contribution >= 0.6 is 0 Å². The number of aromatic nitrogens is 4. The van der Waals surface area contributed by atoms with E-state index in [1.165, 1.54) is 26.1 Å². The number of aliphatic hydroxyl groups excluding tert-OH is 3. The number of halogens is 4. The van der Waals surface area contributed by atoms with Crippen molar-refractivity contribution in [2.75, 3.05) is 25.3 Å². The van der Waals surface area contributed by atoms with E-state index in [1.807, 2.05) is 97.1 Å². The molecule has 6 N–H and O–H groups in total. The lowest BCUT2D eigenvalue weighted by Crippen LogP contribution is -2.50. The van der Waals surface area contributed by atoms with Crippen molar-refractivity contribution in [2.45, 2.75) is 85.9 Å². The zero-order valence-electron chi connectivity index (χ0n) is 43.7. The van der Waals surface area contributed by atoms with Gasteiger partial charge >= 0.3 is 23.2 Å². The molecule has 4 unspecified atom stereocenters. The summed E-state index contributed by atoms with van der Waals surface area (Å²) in [6.45, 7) is 2.57. The van der Waals surface area contributed by atoms with E-state index in [2.05, 4.69) is 15.3 Å². The van der Waals surface area contributed by atoms with Crippen LogP contribution in [0.15, 0.2) is 204 Å². The highest BCUT2D eigenvalue weighted by atomic mass is 19.3. The normalized spacial score (nSPS) is 21.1. The van der Waals surface area contributed by atoms with Gasteiger partial charge in [0.15, 0.2) is 12.2 Å². The number of ether oxygens (including phenoxy) is 5. The number of methoxy groups -OCH3 is 2. The zero-order chi connectivity index (χ0) is 57.0. The van der Waals surface area contributed by atoms with Crippen molar-refractivity contribution < 1.29 is 56.6 Å². The highest BCUT2D eigenvalue weighted by Gasteiger charge is 2.65. The highest BCUT2D eigenvalue weighted by molar-refractivity contribution is 5.58. The maximum Gasteiger partial charge on any atom is 0.351 e. The molecule has 80 heavy (non-hydrogen) atoms. The first-order valence-electron chi connectivity index (χ1n) is 25.4. The second-order valence-electron chi connectivity index (χ2n) is 19.2. The minimum atomic E-state index is -3.88. The van der Waals surface area contributed by atoms with E-state index in [1.54, 1.807) is 87.0 Å². The quantitative estimate of drug-likeness (QED) is 0.0458. The Hall–Kier alpha value is -8.24. The van der Waals surface area contributed by atoms with Crippen molar-refractivity contribution in [3.05, 3.63) is 249 Å². The number of hydrogen-bond donors (Lipinski definition) is 5. The molecule has 0 aliphatic carbocycles. The summed E-state index contributed by atoms with van der Waals surface area (Å²) in [5.74, 6) is -6.39. The summed E-state index contributed by atoms with van der Waals surface area (Å²) in [6, 6.07) is 54.6. The van der Waals surface area contributed by atoms with Crippen LogP contribution in [0.25, 0.3) is 0 Å². The number of nitrogens with zero attached hydrogens (tertiary/aromatic N) is 4. The third-order valence-electron chi connectivity index (χ3n) is 14.2. The lowest BCUT2D eigenvalue weighted by Gasteiger charge is -2.40. The molecule has 2 aliphatic heterocycles. The van der Waals surface area contributed by atoms with Gasteiger partial charge in [-0.3, -0.25) is 9.13 Å². The third kappa shape index (κ3) is 10.7. The summed E-state index contributed by atoms with van der Waals surface area (Å²) in [5.41, 5.74) is 4.61. The first-order valence-corrected chi connectivity index (χ1v) is 25.4. The van der Waals surface area contributed by atoms with Gasteiger partial charge in [-0.1, -0.05) is 146 Å². The van der Waals surface area contributed by atoms with Gasteiger partial charge in [0.2, 0.25) is 12.5 Å². The maximum absolute atomic E-state index is 17.4. The molecular formula is C60H58F4N6O10. The van der Waals surface area contributed by atoms with Crippen LogP contribution in [-0.2, 0) is 25.4 Å². The Kier molecular flexibility index (Phi) is 16.4. The van der Waals surface area contributed by atoms with Crippen molar-refractivity contribution in [3.8, 4) is 11.5 Å². The van der Waals surface area contributed by atoms with Crippen molar-refractivity contribution in [1.29, 1.82) is 0 Å². The van der Waals surface area contributed by atoms with E-state index in [4.69, 9.17) is 29.4 Å². The minimum Gasteiger partial charge on any atom is -0.497 e. The van der Waals surface area contributed by atoms with Crippen LogP contribution in [0.5, 0.6) is 11.5 Å². The van der Waals surface area contributed by atoms with E-state index >= 15 is 8.78 Å². The predicted octanol–water partition coefficient (Wildman–Crippen LogP) is 8.06. The Bertz CT molecular complexity index is 3380. The largest absolute Gasteiger partial charge is 0.497 e. The number of hydrogen-bond acceptors (Lipinski definition) is 14. The maximum atomic E-state index is 17.4. The molecule has 0 bridgehead atoms. The number of nitrogens with one attached hydrogen (secondary N) is 1. The first kappa shape index (κ1) is 56.5. The molecule has 2 aliphatic rings. The number of rotatable bonds is 16. The van der Waals surface area contributed by atoms with Crippen LogP contribution in [0.3, 0.4) is 0 Å². The molecule has 16 nitrogen and oxygen atoms in total. The Balaban J connectivity index is 0.000000344. The summed E-state index contributed by atoms with van der Waals surface area (Å²) in [5, 5.41) is 33.4. The fourth-order valence-corrected chi connectivity index (χ4v) is 10.2. The number of nitrogen functional groups attached to an aromatic ring is 1. The lowest BCUT2D eigenvalue weighted by atomic mass is 9.77. The van der Waals surface area contributed by atoms with Crippen LogP contribution in [-0.4, -0.2) is 97.1 Å². The van der Waals surface area contributed by atoms with E-state index in [0.717, 1.165) is 33.5 Å². The van der Waals surface area contributed by atoms with Gasteiger partial charge in [0.05, 0.1) is 26.4 Å². The molecular weight excluding hydrogens is 1040 g/mol. The van der Waals surface area contributed by atoms with Gasteiger partial charge in [-0.2, -0.15) is 27.5 Å². The molecule has 10 rings (SSSR count). The van der Waals surface area contributed by atoms with Gasteiger partial charge in [-0.25, -0.2) is 9.59 Å². The van der Waals surface area contributed by atoms with Crippen LogP contribution in [0.4, 0.5) is 29.2 Å². The molecule has 6 aromatic carbocycles. The number of anilines is 2. The summed E-state index contributed by atoms with van der Waals surface area (Å²) >= 11 is 0. The lowest BCUT2D eigenvalue weighted by molar-refractivity contribution is -0.182. The number of benzene rings is 6. The van der Waals surface area contributed by atoms with Gasteiger partial charge in [0, 0.05) is 12.4 Å². The summed E-state index contributed by atoms with van der Waals surface area (Å²) in [4.78, 5) is 33.3. The van der Waals surface area contributed by atoms with Gasteiger partial charge in [-0.15, -0.1) is 0 Å². The van der Waals surface area contributed by atoms with Crippen molar-refractivity contribution in [1.82, 2.24) is 19.1 Å². The SMILES string of the molecule is CC(O)[C@H]1OC(n2ccc(N)nc2=O)C(F)(F)[C@@H]1O.COc1ccc(C(Nc2ccn(C3O[C@H](C(C)O)[C@@H](OC(c4ccccc4)(c4ccccc4)c4ccc(OC)cc4)C3(F)F)c(=O)n2)(c2ccccc2)c2ccccc2)cc1. The first-order chi connectivity index (χ1) is 38.4. The molecule has 4 heterocycles. The van der Waals surface area contributed by atoms with Crippen LogP contribution in [0.2, 0.25) is 0 Å². The van der Waals surface area contributed by atoms with Crippen LogP contribution in [0, 0.1) is 0 Å². The number of nitrogens with two attached hydrogens (primary N) is 1. The Morgan fingerprint density at radius 1 is 0.562 bits per heavy atom. The van der Waals surface area contributed by atoms with Gasteiger partial charge in [0.1, 0.15) is 46.5 Å². The average molecular weight is 1100 g/mol. The standard InChI is InChI=1S/C50H45F2N3O6.C10H13F2N3O4/c1-34(56)44-45(61-49(38-20-12-6-13-21-38,39-22-14-7-15-23-39)40-26-30-42(59-3)31-27-40)50(51,52)46(60-44)55-33-32-43(53-47(55)57)54-48(35-16-8-4-9-17-35,36-18-10-5-11-19-36)37-24-28-41(58-2)29-25-37;1-4(16)6-7(17)10(11,12)8(19-6)15-3-2-5(13)14-9(15)18/h4-34,44-46,56H,1-3H3,(H,53,54,57);2-4,6-8,16-17H,1H3,(H2,13,14,18)/t34?,44-,45-,46?;4?,6-,7-,8?/m11/s1. The van der Waals surface area contributed by atoms with E-state index in [-0.39, 0.29) is 11.6 Å². The summed E-state index contributed by atoms with van der Waals surface area (Å²) in [7, 11) is 3.13. The molecule has 8 aromatic rings. The molecule has 2 fully saturated rings. The van der Waals surface area contributed by atoms with Crippen LogP contribution < -0.4 is 31.9 Å². The average Bonchev–Trinajstić information content (AvgIpc) is 3.92. The fraction of sp³-hybridized carbons (Fsp3) is 0.267. The minimum absolute atomic E-state index is 0.116. The van der Waals surface area contributed by atoms with Gasteiger partial charge in [-0.05, 0) is 83.6 Å². The summed E-state index contributed by atoms with van der Waals surface area (Å²) < 4.78 is 92.6. The molecule has 0 radical (unpaired) electrons. The van der Waals surface area contributed by atoms with E-state index < -0.39 is 83.4 Å². The van der Waals surface area contributed by atoms with Crippen molar-refractivity contribution >= 4 is 11.6 Å². The number of alkyl halides is 4. The van der Waals surface area contributed by atoms with E-state index in [9.17, 15) is 33.7 Å². The monoisotopic (exact) mass is 1100 g/mol. The Morgan fingerprint density at radius 2 is 0.950 bits per heavy atom. The molecule has 20 heteroatoms. The smallest absolute Gasteiger partial charge is 0.351 e. The molecule has 2 aromatic heterocycles. The molecule has 8 atom stereocenters. The Labute approximate surface area is 457 Å². The van der Waals surface area contributed by atoms with Gasteiger partial charge < -0.3 is 50.1 Å². The predicted molar refractivity (Wildman–Crippen MR) is 289 cm³/mol. The summed E-state index contributed by atoms with van der Waals surface area (Å²) in [6.07, 6.45) is -12.1. The van der Waals surface area contributed by atoms with Crippen molar-refractivity contribution in [2.24, 2.45) is 0 Å². The fourth-order valence-electron chi connectivity index (χ4n) is 10.2. The number of aliphatic hydroxyl groups is 3. The van der Waals surface area contributed by atoms with Crippen LogP contribution in [0.1, 0.15) is 59.7 Å². The molecule has 0 amide bonds. The van der Waals surface area contributed by atoms with Crippen molar-refractivity contribution in [3.63, 3.8) is 0 Å². The topological polar surface area (TPSA) is 215 Å².